The summed E-state index contributed by atoms with van der Waals surface area (Å²) in [4.78, 5) is 12.9. The molecule has 0 saturated heterocycles. The highest BCUT2D eigenvalue weighted by Crippen LogP contribution is 2.59. The zero-order valence-electron chi connectivity index (χ0n) is 19.0. The second kappa shape index (κ2) is 8.24. The number of rotatable bonds is 5. The fraction of sp³-hybridized carbons (Fsp3) is 0.630. The van der Waals surface area contributed by atoms with Crippen LogP contribution in [-0.2, 0) is 19.4 Å². The lowest BCUT2D eigenvalue weighted by Crippen LogP contribution is -2.51. The minimum absolute atomic E-state index is 0.317. The Balaban J connectivity index is 1.16. The minimum Gasteiger partial charge on any atom is -0.389 e. The molecule has 4 fully saturated rings. The zero-order valence-corrected chi connectivity index (χ0v) is 19.0. The maximum absolute atomic E-state index is 12.9. The maximum Gasteiger partial charge on any atom is 0.414 e. The van der Waals surface area contributed by atoms with E-state index in [9.17, 15) is 4.79 Å². The third-order valence-electron chi connectivity index (χ3n) is 8.61. The van der Waals surface area contributed by atoms with Gasteiger partial charge in [0.15, 0.2) is 0 Å². The van der Waals surface area contributed by atoms with Crippen LogP contribution in [0.1, 0.15) is 74.6 Å². The Kier molecular flexibility index (Phi) is 5.23. The highest BCUT2D eigenvalue weighted by molar-refractivity contribution is 5.70. The fourth-order valence-electron chi connectivity index (χ4n) is 7.67. The van der Waals surface area contributed by atoms with Gasteiger partial charge in [0.25, 0.3) is 0 Å². The molecule has 0 radical (unpaired) electrons. The maximum atomic E-state index is 12.9. The van der Waals surface area contributed by atoms with Crippen LogP contribution in [0, 0.1) is 23.2 Å². The molecule has 0 atom stereocenters. The fourth-order valence-corrected chi connectivity index (χ4v) is 7.67. The van der Waals surface area contributed by atoms with Crippen molar-refractivity contribution in [3.8, 4) is 5.88 Å². The molecule has 0 aliphatic heterocycles. The molecular weight excluding hydrogens is 398 g/mol. The summed E-state index contributed by atoms with van der Waals surface area (Å²) in [6.45, 7) is 1.49. The summed E-state index contributed by atoms with van der Waals surface area (Å²) < 4.78 is 7.94. The second-order valence-electron chi connectivity index (χ2n) is 11.1. The Hall–Kier alpha value is -2.30. The Morgan fingerprint density at radius 2 is 1.69 bits per heavy atom. The molecule has 7 rings (SSSR count). The van der Waals surface area contributed by atoms with Crippen LogP contribution in [-0.4, -0.2) is 22.4 Å². The first-order valence-electron chi connectivity index (χ1n) is 12.7. The van der Waals surface area contributed by atoms with Gasteiger partial charge in [-0.3, -0.25) is 4.68 Å². The number of aromatic nitrogens is 2. The van der Waals surface area contributed by atoms with Crippen molar-refractivity contribution in [3.63, 3.8) is 0 Å². The summed E-state index contributed by atoms with van der Waals surface area (Å²) in [6.07, 6.45) is 13.3. The van der Waals surface area contributed by atoms with Gasteiger partial charge in [0.1, 0.15) is 0 Å². The standard InChI is InChI=1S/C27H35N3O2/c31-26(28-18-27-14-20-11-21(15-27)13-22(12-20)16-27)32-25-23-9-5-2-6-10-24(23)30(29-25)17-19-7-3-1-4-8-19/h1,3-4,7-8,20-22H,2,5-6,9-18H2,(H,28,31). The normalized spacial score (nSPS) is 30.6. The molecule has 1 N–H and O–H groups in total. The molecule has 1 aromatic carbocycles. The van der Waals surface area contributed by atoms with Gasteiger partial charge in [-0.15, -0.1) is 5.10 Å². The van der Waals surface area contributed by atoms with E-state index in [4.69, 9.17) is 9.84 Å². The third kappa shape index (κ3) is 3.95. The Morgan fingerprint density at radius 3 is 2.41 bits per heavy atom. The van der Waals surface area contributed by atoms with E-state index in [1.807, 2.05) is 6.07 Å². The molecule has 4 bridgehead atoms. The van der Waals surface area contributed by atoms with Crippen molar-refractivity contribution in [1.82, 2.24) is 15.1 Å². The number of carbonyl (C=O) groups excluding carboxylic acids is 1. The third-order valence-corrected chi connectivity index (χ3v) is 8.61. The Labute approximate surface area is 190 Å². The van der Waals surface area contributed by atoms with Gasteiger partial charge in [-0.1, -0.05) is 36.8 Å². The van der Waals surface area contributed by atoms with Gasteiger partial charge in [0, 0.05) is 17.8 Å². The average molecular weight is 434 g/mol. The van der Waals surface area contributed by atoms with Crippen LogP contribution in [0.5, 0.6) is 5.88 Å². The van der Waals surface area contributed by atoms with Gasteiger partial charge in [0.2, 0.25) is 5.88 Å². The lowest BCUT2D eigenvalue weighted by atomic mass is 9.49. The van der Waals surface area contributed by atoms with Crippen molar-refractivity contribution in [2.75, 3.05) is 6.54 Å². The number of ether oxygens (including phenoxy) is 1. The van der Waals surface area contributed by atoms with E-state index in [2.05, 4.69) is 34.3 Å². The van der Waals surface area contributed by atoms with Gasteiger partial charge in [0.05, 0.1) is 6.54 Å². The number of amides is 1. The summed E-state index contributed by atoms with van der Waals surface area (Å²) in [6, 6.07) is 10.4. The van der Waals surface area contributed by atoms with Crippen LogP contribution in [0.2, 0.25) is 0 Å². The summed E-state index contributed by atoms with van der Waals surface area (Å²) in [5.74, 6) is 3.21. The first kappa shape index (κ1) is 20.3. The van der Waals surface area contributed by atoms with E-state index in [1.165, 1.54) is 62.6 Å². The van der Waals surface area contributed by atoms with Gasteiger partial charge < -0.3 is 10.1 Å². The number of hydrogen-bond donors (Lipinski definition) is 1. The van der Waals surface area contributed by atoms with Crippen LogP contribution >= 0.6 is 0 Å². The Bertz CT molecular complexity index is 945. The van der Waals surface area contributed by atoms with E-state index < -0.39 is 0 Å². The predicted molar refractivity (Wildman–Crippen MR) is 124 cm³/mol. The first-order valence-corrected chi connectivity index (χ1v) is 12.7. The van der Waals surface area contributed by atoms with E-state index >= 15 is 0 Å². The lowest BCUT2D eigenvalue weighted by molar-refractivity contribution is -0.0503. The smallest absolute Gasteiger partial charge is 0.389 e. The number of carbonyl (C=O) groups is 1. The number of hydrogen-bond acceptors (Lipinski definition) is 3. The molecule has 4 saturated carbocycles. The summed E-state index contributed by atoms with van der Waals surface area (Å²) in [5.41, 5.74) is 3.93. The van der Waals surface area contributed by atoms with Gasteiger partial charge in [-0.05, 0) is 92.9 Å². The molecule has 5 aliphatic rings. The van der Waals surface area contributed by atoms with Crippen molar-refractivity contribution in [3.05, 3.63) is 47.2 Å². The molecule has 5 heteroatoms. The molecule has 2 aromatic rings. The number of nitrogens with one attached hydrogen (secondary N) is 1. The number of benzene rings is 1. The molecule has 0 spiro atoms. The first-order chi connectivity index (χ1) is 15.7. The second-order valence-corrected chi connectivity index (χ2v) is 11.1. The summed E-state index contributed by atoms with van der Waals surface area (Å²) in [7, 11) is 0. The van der Waals surface area contributed by atoms with Crippen molar-refractivity contribution < 1.29 is 9.53 Å². The molecule has 170 valence electrons. The average Bonchev–Trinajstić information content (AvgIpc) is 2.94. The predicted octanol–water partition coefficient (Wildman–Crippen LogP) is 5.51. The molecule has 1 heterocycles. The van der Waals surface area contributed by atoms with E-state index in [0.717, 1.165) is 55.7 Å². The van der Waals surface area contributed by atoms with Crippen LogP contribution in [0.15, 0.2) is 30.3 Å². The highest BCUT2D eigenvalue weighted by atomic mass is 16.6. The highest BCUT2D eigenvalue weighted by Gasteiger charge is 2.50. The van der Waals surface area contributed by atoms with Gasteiger partial charge >= 0.3 is 6.09 Å². The topological polar surface area (TPSA) is 56.1 Å². The summed E-state index contributed by atoms with van der Waals surface area (Å²) in [5, 5.41) is 7.94. The zero-order chi connectivity index (χ0) is 21.5. The van der Waals surface area contributed by atoms with Gasteiger partial charge in [-0.2, -0.15) is 0 Å². The van der Waals surface area contributed by atoms with Crippen LogP contribution in [0.4, 0.5) is 4.79 Å². The lowest BCUT2D eigenvalue weighted by Gasteiger charge is -2.56. The quantitative estimate of drug-likeness (QED) is 0.633. The molecule has 5 nitrogen and oxygen atoms in total. The van der Waals surface area contributed by atoms with Crippen LogP contribution in [0.25, 0.3) is 0 Å². The van der Waals surface area contributed by atoms with Crippen molar-refractivity contribution in [2.45, 2.75) is 77.2 Å². The van der Waals surface area contributed by atoms with Crippen LogP contribution < -0.4 is 10.1 Å². The molecule has 32 heavy (non-hydrogen) atoms. The minimum atomic E-state index is -0.322. The van der Waals surface area contributed by atoms with Crippen LogP contribution in [0.3, 0.4) is 0 Å². The molecule has 5 aliphatic carbocycles. The molecule has 1 aromatic heterocycles. The molecule has 1 amide bonds. The van der Waals surface area contributed by atoms with Crippen molar-refractivity contribution in [1.29, 1.82) is 0 Å². The van der Waals surface area contributed by atoms with Crippen molar-refractivity contribution in [2.24, 2.45) is 23.2 Å². The summed E-state index contributed by atoms with van der Waals surface area (Å²) >= 11 is 0. The molecular formula is C27H35N3O2. The van der Waals surface area contributed by atoms with Crippen molar-refractivity contribution >= 4 is 6.09 Å². The SMILES string of the molecule is O=C(NCC12CC3CC(CC(C3)C1)C2)Oc1nn(Cc2ccccc2)c2c1CCCCC2. The monoisotopic (exact) mass is 433 g/mol. The van der Waals surface area contributed by atoms with E-state index in [-0.39, 0.29) is 6.09 Å². The Morgan fingerprint density at radius 1 is 1.00 bits per heavy atom. The number of fused-ring (bicyclic) bond motifs is 1. The van der Waals surface area contributed by atoms with Gasteiger partial charge in [-0.25, -0.2) is 4.79 Å². The largest absolute Gasteiger partial charge is 0.414 e. The molecule has 0 unspecified atom stereocenters. The van der Waals surface area contributed by atoms with E-state index in [1.54, 1.807) is 0 Å². The van der Waals surface area contributed by atoms with E-state index in [0.29, 0.717) is 11.3 Å². The number of nitrogens with zero attached hydrogens (tertiary/aromatic N) is 2.